The molecule has 6 nitrogen and oxygen atoms in total. The molecule has 0 saturated carbocycles. The third-order valence-electron chi connectivity index (χ3n) is 3.66. The van der Waals surface area contributed by atoms with Crippen molar-refractivity contribution in [2.24, 2.45) is 0 Å². The zero-order valence-electron chi connectivity index (χ0n) is 15.5. The molecule has 0 spiro atoms. The van der Waals surface area contributed by atoms with Crippen LogP contribution >= 0.6 is 23.1 Å². The van der Waals surface area contributed by atoms with Gasteiger partial charge in [0.2, 0.25) is 5.91 Å². The van der Waals surface area contributed by atoms with E-state index in [9.17, 15) is 14.4 Å². The number of esters is 2. The van der Waals surface area contributed by atoms with Crippen LogP contribution < -0.4 is 5.32 Å². The summed E-state index contributed by atoms with van der Waals surface area (Å²) in [4.78, 5) is 38.1. The lowest BCUT2D eigenvalue weighted by molar-refractivity contribution is -0.115. The van der Waals surface area contributed by atoms with E-state index in [1.54, 1.807) is 20.8 Å². The van der Waals surface area contributed by atoms with Gasteiger partial charge in [0.05, 0.1) is 24.5 Å². The molecule has 2 rings (SSSR count). The molecule has 1 aromatic carbocycles. The molecule has 1 amide bonds. The van der Waals surface area contributed by atoms with Gasteiger partial charge in [-0.2, -0.15) is 0 Å². The summed E-state index contributed by atoms with van der Waals surface area (Å²) < 4.78 is 9.83. The lowest BCUT2D eigenvalue weighted by Crippen LogP contribution is -2.23. The summed E-state index contributed by atoms with van der Waals surface area (Å²) in [7, 11) is 1.25. The largest absolute Gasteiger partial charge is 0.465 e. The first-order chi connectivity index (χ1) is 12.9. The summed E-state index contributed by atoms with van der Waals surface area (Å²) in [6, 6.07) is 9.54. The van der Waals surface area contributed by atoms with Crippen molar-refractivity contribution >= 4 is 45.9 Å². The van der Waals surface area contributed by atoms with Crippen molar-refractivity contribution in [3.63, 3.8) is 0 Å². The maximum atomic E-state index is 12.6. The van der Waals surface area contributed by atoms with Crippen LogP contribution in [0.3, 0.4) is 0 Å². The van der Waals surface area contributed by atoms with Gasteiger partial charge in [0.25, 0.3) is 0 Å². The van der Waals surface area contributed by atoms with Crippen LogP contribution in [0, 0.1) is 6.92 Å². The van der Waals surface area contributed by atoms with Gasteiger partial charge in [0.1, 0.15) is 9.88 Å². The highest BCUT2D eigenvalue weighted by molar-refractivity contribution is 8.00. The highest BCUT2D eigenvalue weighted by Crippen LogP contribution is 2.35. The fourth-order valence-corrected chi connectivity index (χ4v) is 4.29. The Hall–Kier alpha value is -2.32. The van der Waals surface area contributed by atoms with Crippen LogP contribution in [-0.4, -0.2) is 36.8 Å². The third-order valence-corrected chi connectivity index (χ3v) is 5.96. The van der Waals surface area contributed by atoms with Crippen molar-refractivity contribution in [3.8, 4) is 0 Å². The molecule has 0 bridgehead atoms. The summed E-state index contributed by atoms with van der Waals surface area (Å²) >= 11 is 2.41. The Kier molecular flexibility index (Phi) is 7.44. The van der Waals surface area contributed by atoms with Crippen LogP contribution in [0.4, 0.5) is 5.00 Å². The summed E-state index contributed by atoms with van der Waals surface area (Å²) in [5.41, 5.74) is 0.611. The Labute approximate surface area is 166 Å². The minimum Gasteiger partial charge on any atom is -0.465 e. The van der Waals surface area contributed by atoms with Gasteiger partial charge in [0.15, 0.2) is 0 Å². The lowest BCUT2D eigenvalue weighted by atomic mass is 10.1. The van der Waals surface area contributed by atoms with Crippen LogP contribution in [0.15, 0.2) is 35.2 Å². The molecule has 0 saturated heterocycles. The molecule has 1 unspecified atom stereocenters. The van der Waals surface area contributed by atoms with Crippen LogP contribution in [-0.2, 0) is 14.3 Å². The SMILES string of the molecule is CCOC(=O)c1sc(NC(=O)C(C)Sc2ccccc2)c(C(=O)OC)c1C. The highest BCUT2D eigenvalue weighted by Gasteiger charge is 2.28. The fourth-order valence-electron chi connectivity index (χ4n) is 2.31. The molecule has 8 heteroatoms. The number of hydrogen-bond acceptors (Lipinski definition) is 7. The molecule has 1 aromatic heterocycles. The average Bonchev–Trinajstić information content (AvgIpc) is 2.98. The van der Waals surface area contributed by atoms with Crippen LogP contribution in [0.5, 0.6) is 0 Å². The molecule has 0 fully saturated rings. The quantitative estimate of drug-likeness (QED) is 0.549. The van der Waals surface area contributed by atoms with Gasteiger partial charge in [0, 0.05) is 4.90 Å². The third kappa shape index (κ3) is 5.11. The number of thioether (sulfide) groups is 1. The summed E-state index contributed by atoms with van der Waals surface area (Å²) in [6.45, 7) is 5.33. The molecule has 0 aliphatic carbocycles. The molecular weight excluding hydrogens is 386 g/mol. The maximum Gasteiger partial charge on any atom is 0.348 e. The van der Waals surface area contributed by atoms with E-state index in [1.165, 1.54) is 18.9 Å². The van der Waals surface area contributed by atoms with Gasteiger partial charge in [-0.15, -0.1) is 23.1 Å². The van der Waals surface area contributed by atoms with Crippen molar-refractivity contribution in [1.29, 1.82) is 0 Å². The highest BCUT2D eigenvalue weighted by atomic mass is 32.2. The molecule has 0 radical (unpaired) electrons. The van der Waals surface area contributed by atoms with Crippen molar-refractivity contribution in [1.82, 2.24) is 0 Å². The summed E-state index contributed by atoms with van der Waals surface area (Å²) in [6.07, 6.45) is 0. The second-order valence-corrected chi connectivity index (χ2v) is 7.97. The van der Waals surface area contributed by atoms with E-state index in [4.69, 9.17) is 9.47 Å². The van der Waals surface area contributed by atoms with Gasteiger partial charge in [-0.3, -0.25) is 4.79 Å². The Balaban J connectivity index is 2.25. The number of thiophene rings is 1. The second-order valence-electron chi connectivity index (χ2n) is 5.53. The maximum absolute atomic E-state index is 12.6. The number of carbonyl (C=O) groups is 3. The lowest BCUT2D eigenvalue weighted by Gasteiger charge is -2.12. The zero-order valence-corrected chi connectivity index (χ0v) is 17.2. The van der Waals surface area contributed by atoms with Gasteiger partial charge in [-0.1, -0.05) is 18.2 Å². The van der Waals surface area contributed by atoms with Gasteiger partial charge >= 0.3 is 11.9 Å². The molecule has 2 aromatic rings. The minimum absolute atomic E-state index is 0.177. The monoisotopic (exact) mass is 407 g/mol. The normalized spacial score (nSPS) is 11.6. The van der Waals surface area contributed by atoms with Gasteiger partial charge in [-0.25, -0.2) is 9.59 Å². The van der Waals surface area contributed by atoms with Crippen molar-refractivity contribution < 1.29 is 23.9 Å². The Morgan fingerprint density at radius 3 is 2.44 bits per heavy atom. The number of carbonyl (C=O) groups excluding carboxylic acids is 3. The number of ether oxygens (including phenoxy) is 2. The molecule has 0 aliphatic rings. The molecule has 144 valence electrons. The molecule has 0 aliphatic heterocycles. The number of nitrogens with one attached hydrogen (secondary N) is 1. The number of rotatable bonds is 7. The van der Waals surface area contributed by atoms with Gasteiger partial charge < -0.3 is 14.8 Å². The van der Waals surface area contributed by atoms with Crippen LogP contribution in [0.1, 0.15) is 39.4 Å². The number of benzene rings is 1. The first-order valence-electron chi connectivity index (χ1n) is 8.30. The molecule has 1 atom stereocenters. The van der Waals surface area contributed by atoms with E-state index < -0.39 is 17.2 Å². The Bertz CT molecular complexity index is 832. The molecule has 1 heterocycles. The summed E-state index contributed by atoms with van der Waals surface area (Å²) in [5, 5.41) is 2.64. The number of amides is 1. The fraction of sp³-hybridized carbons (Fsp3) is 0.316. The van der Waals surface area contributed by atoms with E-state index in [2.05, 4.69) is 5.32 Å². The first kappa shape index (κ1) is 21.0. The van der Waals surface area contributed by atoms with Crippen LogP contribution in [0.25, 0.3) is 0 Å². The molecule has 1 N–H and O–H groups in total. The van der Waals surface area contributed by atoms with Crippen molar-refractivity contribution in [3.05, 3.63) is 46.3 Å². The van der Waals surface area contributed by atoms with Gasteiger partial charge in [-0.05, 0) is 38.5 Å². The van der Waals surface area contributed by atoms with E-state index in [0.29, 0.717) is 5.56 Å². The Morgan fingerprint density at radius 2 is 1.85 bits per heavy atom. The predicted octanol–water partition coefficient (Wildman–Crippen LogP) is 4.14. The van der Waals surface area contributed by atoms with Crippen LogP contribution in [0.2, 0.25) is 0 Å². The standard InChI is InChI=1S/C19H21NO5S2/c1-5-25-19(23)15-11(2)14(18(22)24-4)17(27-15)20-16(21)12(3)26-13-9-7-6-8-10-13/h6-10,12H,5H2,1-4H3,(H,20,21). The molecule has 27 heavy (non-hydrogen) atoms. The van der Waals surface area contributed by atoms with E-state index in [0.717, 1.165) is 16.2 Å². The summed E-state index contributed by atoms with van der Waals surface area (Å²) in [5.74, 6) is -1.42. The minimum atomic E-state index is -0.613. The van der Waals surface area contributed by atoms with E-state index in [1.807, 2.05) is 30.3 Å². The van der Waals surface area contributed by atoms with Crippen molar-refractivity contribution in [2.45, 2.75) is 30.9 Å². The first-order valence-corrected chi connectivity index (χ1v) is 10.00. The number of anilines is 1. The topological polar surface area (TPSA) is 81.7 Å². The van der Waals surface area contributed by atoms with Crippen molar-refractivity contribution in [2.75, 3.05) is 19.0 Å². The van der Waals surface area contributed by atoms with E-state index >= 15 is 0 Å². The zero-order chi connectivity index (χ0) is 20.0. The predicted molar refractivity (Wildman–Crippen MR) is 107 cm³/mol. The number of hydrogen-bond donors (Lipinski definition) is 1. The smallest absolute Gasteiger partial charge is 0.348 e. The number of methoxy groups -OCH3 is 1. The Morgan fingerprint density at radius 1 is 1.19 bits per heavy atom. The van der Waals surface area contributed by atoms with E-state index in [-0.39, 0.29) is 28.0 Å². The molecular formula is C19H21NO5S2. The average molecular weight is 408 g/mol. The second kappa shape index (κ2) is 9.57.